The van der Waals surface area contributed by atoms with Gasteiger partial charge in [0.1, 0.15) is 5.76 Å². The first kappa shape index (κ1) is 12.9. The van der Waals surface area contributed by atoms with Crippen LogP contribution in [0.25, 0.3) is 0 Å². The van der Waals surface area contributed by atoms with E-state index >= 15 is 0 Å². The maximum atomic E-state index is 12.3. The van der Waals surface area contributed by atoms with Crippen LogP contribution in [0, 0.1) is 0 Å². The third-order valence-electron chi connectivity index (χ3n) is 3.69. The highest BCUT2D eigenvalue weighted by Crippen LogP contribution is 2.21. The van der Waals surface area contributed by atoms with Crippen molar-refractivity contribution >= 4 is 5.91 Å². The summed E-state index contributed by atoms with van der Waals surface area (Å²) in [5.41, 5.74) is 2.76. The summed E-state index contributed by atoms with van der Waals surface area (Å²) in [6.45, 7) is 3.96. The van der Waals surface area contributed by atoms with E-state index in [0.717, 1.165) is 25.0 Å². The zero-order chi connectivity index (χ0) is 14.1. The SMILES string of the molecule is CC(C)c1ocnc1C(=O)N[C@@H]1CCc2cn[nH]c2C1. The average Bonchev–Trinajstić information content (AvgIpc) is 3.06. The number of nitrogens with one attached hydrogen (secondary N) is 2. The molecule has 106 valence electrons. The molecule has 0 fully saturated rings. The van der Waals surface area contributed by atoms with Gasteiger partial charge in [-0.25, -0.2) is 4.98 Å². The van der Waals surface area contributed by atoms with Gasteiger partial charge in [-0.15, -0.1) is 0 Å². The number of carbonyl (C=O) groups is 1. The normalized spacial score (nSPS) is 18.1. The number of amides is 1. The van der Waals surface area contributed by atoms with Crippen LogP contribution in [-0.4, -0.2) is 27.1 Å². The van der Waals surface area contributed by atoms with E-state index < -0.39 is 0 Å². The van der Waals surface area contributed by atoms with Crippen LogP contribution in [0.2, 0.25) is 0 Å². The number of hydrogen-bond donors (Lipinski definition) is 2. The third kappa shape index (κ3) is 2.33. The minimum atomic E-state index is -0.157. The quantitative estimate of drug-likeness (QED) is 0.894. The van der Waals surface area contributed by atoms with E-state index in [4.69, 9.17) is 4.42 Å². The molecule has 2 aromatic heterocycles. The molecule has 6 nitrogen and oxygen atoms in total. The van der Waals surface area contributed by atoms with Crippen molar-refractivity contribution < 1.29 is 9.21 Å². The van der Waals surface area contributed by atoms with Crippen molar-refractivity contribution in [1.82, 2.24) is 20.5 Å². The second-order valence-electron chi connectivity index (χ2n) is 5.51. The van der Waals surface area contributed by atoms with Gasteiger partial charge in [0.15, 0.2) is 12.1 Å². The predicted molar refractivity (Wildman–Crippen MR) is 72.5 cm³/mol. The van der Waals surface area contributed by atoms with Crippen molar-refractivity contribution in [1.29, 1.82) is 0 Å². The lowest BCUT2D eigenvalue weighted by molar-refractivity contribution is 0.0926. The summed E-state index contributed by atoms with van der Waals surface area (Å²) in [7, 11) is 0. The Balaban J connectivity index is 1.69. The Morgan fingerprint density at radius 1 is 1.55 bits per heavy atom. The molecule has 1 atom stereocenters. The van der Waals surface area contributed by atoms with Crippen molar-refractivity contribution in [2.24, 2.45) is 0 Å². The lowest BCUT2D eigenvalue weighted by atomic mass is 9.93. The van der Waals surface area contributed by atoms with Crippen LogP contribution in [-0.2, 0) is 12.8 Å². The largest absolute Gasteiger partial charge is 0.447 e. The molecule has 0 spiro atoms. The van der Waals surface area contributed by atoms with E-state index in [1.165, 1.54) is 12.0 Å². The number of aryl methyl sites for hydroxylation is 1. The summed E-state index contributed by atoms with van der Waals surface area (Å²) in [6, 6.07) is 0.118. The van der Waals surface area contributed by atoms with Gasteiger partial charge in [-0.1, -0.05) is 13.8 Å². The number of aromatic nitrogens is 3. The number of aromatic amines is 1. The van der Waals surface area contributed by atoms with Gasteiger partial charge in [-0.3, -0.25) is 9.89 Å². The number of fused-ring (bicyclic) bond motifs is 1. The molecule has 1 aliphatic carbocycles. The van der Waals surface area contributed by atoms with Gasteiger partial charge in [0.2, 0.25) is 0 Å². The monoisotopic (exact) mass is 274 g/mol. The maximum absolute atomic E-state index is 12.3. The Kier molecular flexibility index (Phi) is 3.30. The number of H-pyrrole nitrogens is 1. The topological polar surface area (TPSA) is 83.8 Å². The second-order valence-corrected chi connectivity index (χ2v) is 5.51. The van der Waals surface area contributed by atoms with Crippen molar-refractivity contribution in [3.63, 3.8) is 0 Å². The molecule has 0 aliphatic heterocycles. The number of nitrogens with zero attached hydrogens (tertiary/aromatic N) is 2. The van der Waals surface area contributed by atoms with Crippen LogP contribution in [0.15, 0.2) is 17.0 Å². The van der Waals surface area contributed by atoms with Gasteiger partial charge >= 0.3 is 0 Å². The zero-order valence-corrected chi connectivity index (χ0v) is 11.6. The van der Waals surface area contributed by atoms with Gasteiger partial charge in [0, 0.05) is 24.1 Å². The fourth-order valence-corrected chi connectivity index (χ4v) is 2.62. The molecular weight excluding hydrogens is 256 g/mol. The molecule has 20 heavy (non-hydrogen) atoms. The minimum absolute atomic E-state index is 0.118. The molecule has 0 radical (unpaired) electrons. The lowest BCUT2D eigenvalue weighted by Gasteiger charge is -2.22. The second kappa shape index (κ2) is 5.11. The highest BCUT2D eigenvalue weighted by molar-refractivity contribution is 5.93. The highest BCUT2D eigenvalue weighted by Gasteiger charge is 2.25. The molecule has 0 aromatic carbocycles. The summed E-state index contributed by atoms with van der Waals surface area (Å²) in [6.07, 6.45) is 5.84. The van der Waals surface area contributed by atoms with Gasteiger partial charge < -0.3 is 9.73 Å². The minimum Gasteiger partial charge on any atom is -0.447 e. The van der Waals surface area contributed by atoms with Crippen molar-refractivity contribution in [3.05, 3.63) is 35.3 Å². The lowest BCUT2D eigenvalue weighted by Crippen LogP contribution is -2.39. The van der Waals surface area contributed by atoms with Crippen molar-refractivity contribution in [2.75, 3.05) is 0 Å². The molecule has 1 amide bonds. The molecule has 0 saturated carbocycles. The van der Waals surface area contributed by atoms with Gasteiger partial charge in [0.25, 0.3) is 5.91 Å². The van der Waals surface area contributed by atoms with Crippen molar-refractivity contribution in [2.45, 2.75) is 45.1 Å². The highest BCUT2D eigenvalue weighted by atomic mass is 16.3. The Morgan fingerprint density at radius 2 is 2.40 bits per heavy atom. The van der Waals surface area contributed by atoms with Crippen LogP contribution in [0.5, 0.6) is 0 Å². The summed E-state index contributed by atoms with van der Waals surface area (Å²) in [5, 5.41) is 10.1. The number of carbonyl (C=O) groups excluding carboxylic acids is 1. The Morgan fingerprint density at radius 3 is 3.20 bits per heavy atom. The van der Waals surface area contributed by atoms with E-state index in [9.17, 15) is 4.79 Å². The predicted octanol–water partition coefficient (Wildman–Crippen LogP) is 1.81. The van der Waals surface area contributed by atoms with Gasteiger partial charge in [-0.2, -0.15) is 5.10 Å². The zero-order valence-electron chi connectivity index (χ0n) is 11.6. The van der Waals surface area contributed by atoms with Crippen LogP contribution in [0.4, 0.5) is 0 Å². The van der Waals surface area contributed by atoms with E-state index in [1.54, 1.807) is 0 Å². The number of rotatable bonds is 3. The summed E-state index contributed by atoms with van der Waals surface area (Å²) in [5.74, 6) is 0.625. The van der Waals surface area contributed by atoms with E-state index in [2.05, 4.69) is 20.5 Å². The van der Waals surface area contributed by atoms with Crippen LogP contribution < -0.4 is 5.32 Å². The molecule has 0 unspecified atom stereocenters. The molecule has 2 heterocycles. The van der Waals surface area contributed by atoms with Crippen molar-refractivity contribution in [3.8, 4) is 0 Å². The first-order chi connectivity index (χ1) is 9.65. The standard InChI is InChI=1S/C14H18N4O2/c1-8(2)13-12(15-7-20-13)14(19)17-10-4-3-9-6-16-18-11(9)5-10/h6-8,10H,3-5H2,1-2H3,(H,16,18)(H,17,19)/t10-/m1/s1. The molecule has 6 heteroatoms. The first-order valence-corrected chi connectivity index (χ1v) is 6.90. The number of oxazole rings is 1. The van der Waals surface area contributed by atoms with Gasteiger partial charge in [-0.05, 0) is 18.4 Å². The molecule has 2 aromatic rings. The Bertz CT molecular complexity index is 614. The Hall–Kier alpha value is -2.11. The van der Waals surface area contributed by atoms with E-state index in [-0.39, 0.29) is 17.9 Å². The van der Waals surface area contributed by atoms with E-state index in [1.807, 2.05) is 20.0 Å². The molecule has 3 rings (SSSR count). The fourth-order valence-electron chi connectivity index (χ4n) is 2.62. The number of hydrogen-bond acceptors (Lipinski definition) is 4. The summed E-state index contributed by atoms with van der Waals surface area (Å²) in [4.78, 5) is 16.3. The summed E-state index contributed by atoms with van der Waals surface area (Å²) < 4.78 is 5.29. The Labute approximate surface area is 117 Å². The van der Waals surface area contributed by atoms with E-state index in [0.29, 0.717) is 11.5 Å². The average molecular weight is 274 g/mol. The summed E-state index contributed by atoms with van der Waals surface area (Å²) >= 11 is 0. The molecular formula is C14H18N4O2. The van der Waals surface area contributed by atoms with Crippen LogP contribution in [0.1, 0.15) is 53.7 Å². The van der Waals surface area contributed by atoms with Crippen LogP contribution in [0.3, 0.4) is 0 Å². The first-order valence-electron chi connectivity index (χ1n) is 6.90. The smallest absolute Gasteiger partial charge is 0.273 e. The maximum Gasteiger partial charge on any atom is 0.273 e. The molecule has 0 bridgehead atoms. The van der Waals surface area contributed by atoms with Gasteiger partial charge in [0.05, 0.1) is 6.20 Å². The third-order valence-corrected chi connectivity index (χ3v) is 3.69. The van der Waals surface area contributed by atoms with Crippen LogP contribution >= 0.6 is 0 Å². The molecule has 0 saturated heterocycles. The molecule has 1 aliphatic rings. The molecule has 2 N–H and O–H groups in total. The fraction of sp³-hybridized carbons (Fsp3) is 0.500.